The van der Waals surface area contributed by atoms with Crippen molar-refractivity contribution in [2.24, 2.45) is 0 Å². The van der Waals surface area contributed by atoms with E-state index in [2.05, 4.69) is 0 Å². The first-order valence-corrected chi connectivity index (χ1v) is 7.83. The smallest absolute Gasteiger partial charge is 0.257 e. The van der Waals surface area contributed by atoms with E-state index in [-0.39, 0.29) is 11.6 Å². The zero-order valence-electron chi connectivity index (χ0n) is 13.6. The molecule has 1 aliphatic rings. The molecule has 2 aromatic carbocycles. The van der Waals surface area contributed by atoms with Gasteiger partial charge in [0.1, 0.15) is 5.75 Å². The van der Waals surface area contributed by atoms with Crippen molar-refractivity contribution in [2.75, 3.05) is 38.2 Å². The fraction of sp³-hybridized carbons (Fsp3) is 0.278. The number of hydrogen-bond donors (Lipinski definition) is 0. The van der Waals surface area contributed by atoms with Crippen molar-refractivity contribution in [3.8, 4) is 5.75 Å². The maximum atomic E-state index is 13.9. The number of carbonyl (C=O) groups is 1. The molecular formula is C18H17F3N2O2. The lowest BCUT2D eigenvalue weighted by molar-refractivity contribution is 0.0743. The lowest BCUT2D eigenvalue weighted by atomic mass is 10.1. The second kappa shape index (κ2) is 7.04. The Kier molecular flexibility index (Phi) is 4.83. The molecule has 1 fully saturated rings. The van der Waals surface area contributed by atoms with Crippen LogP contribution in [-0.2, 0) is 0 Å². The quantitative estimate of drug-likeness (QED) is 0.798. The van der Waals surface area contributed by atoms with E-state index >= 15 is 0 Å². The molecular weight excluding hydrogens is 333 g/mol. The molecule has 1 aliphatic heterocycles. The van der Waals surface area contributed by atoms with Gasteiger partial charge in [0, 0.05) is 26.2 Å². The van der Waals surface area contributed by atoms with Crippen LogP contribution in [0.15, 0.2) is 36.4 Å². The fourth-order valence-corrected chi connectivity index (χ4v) is 2.90. The van der Waals surface area contributed by atoms with Crippen molar-refractivity contribution < 1.29 is 22.7 Å². The Balaban J connectivity index is 1.72. The van der Waals surface area contributed by atoms with E-state index in [1.807, 2.05) is 0 Å². The minimum atomic E-state index is -1.48. The minimum Gasteiger partial charge on any atom is -0.496 e. The van der Waals surface area contributed by atoms with Gasteiger partial charge >= 0.3 is 0 Å². The second-order valence-corrected chi connectivity index (χ2v) is 5.67. The molecule has 0 N–H and O–H groups in total. The molecule has 0 bridgehead atoms. The Morgan fingerprint density at radius 3 is 2.32 bits per heavy atom. The van der Waals surface area contributed by atoms with Gasteiger partial charge in [0.05, 0.1) is 18.4 Å². The summed E-state index contributed by atoms with van der Waals surface area (Å²) >= 11 is 0. The van der Waals surface area contributed by atoms with E-state index in [0.29, 0.717) is 37.5 Å². The number of rotatable bonds is 3. The molecule has 0 saturated carbocycles. The van der Waals surface area contributed by atoms with Gasteiger partial charge in [-0.2, -0.15) is 0 Å². The third-order valence-corrected chi connectivity index (χ3v) is 4.26. The molecule has 132 valence electrons. The number of piperazine rings is 1. The van der Waals surface area contributed by atoms with Gasteiger partial charge in [0.15, 0.2) is 17.5 Å². The average Bonchev–Trinajstić information content (AvgIpc) is 2.66. The Labute approximate surface area is 143 Å². The Hall–Kier alpha value is -2.70. The molecule has 0 aromatic heterocycles. The van der Waals surface area contributed by atoms with Crippen LogP contribution in [0.2, 0.25) is 0 Å². The SMILES string of the molecule is COc1ccccc1C(=O)N1CCN(c2ccc(F)c(F)c2F)CC1. The van der Waals surface area contributed by atoms with Crippen LogP contribution < -0.4 is 9.64 Å². The van der Waals surface area contributed by atoms with Gasteiger partial charge in [-0.25, -0.2) is 13.2 Å². The first-order chi connectivity index (χ1) is 12.0. The van der Waals surface area contributed by atoms with Crippen molar-refractivity contribution >= 4 is 11.6 Å². The zero-order chi connectivity index (χ0) is 18.0. The lowest BCUT2D eigenvalue weighted by Crippen LogP contribution is -2.49. The Morgan fingerprint density at radius 2 is 1.64 bits per heavy atom. The molecule has 1 amide bonds. The Morgan fingerprint density at radius 1 is 0.960 bits per heavy atom. The first-order valence-electron chi connectivity index (χ1n) is 7.83. The maximum absolute atomic E-state index is 13.9. The summed E-state index contributed by atoms with van der Waals surface area (Å²) in [5.74, 6) is -3.59. The molecule has 1 saturated heterocycles. The predicted molar refractivity (Wildman–Crippen MR) is 87.4 cm³/mol. The van der Waals surface area contributed by atoms with Crippen LogP contribution in [0, 0.1) is 17.5 Å². The summed E-state index contributed by atoms with van der Waals surface area (Å²) in [6, 6.07) is 9.04. The first kappa shape index (κ1) is 17.1. The Bertz CT molecular complexity index is 790. The summed E-state index contributed by atoms with van der Waals surface area (Å²) in [5.41, 5.74) is 0.459. The van der Waals surface area contributed by atoms with Crippen molar-refractivity contribution in [3.05, 3.63) is 59.4 Å². The van der Waals surface area contributed by atoms with Gasteiger partial charge in [0.2, 0.25) is 0 Å². The van der Waals surface area contributed by atoms with E-state index < -0.39 is 17.5 Å². The molecule has 0 spiro atoms. The molecule has 0 unspecified atom stereocenters. The third-order valence-electron chi connectivity index (χ3n) is 4.26. The van der Waals surface area contributed by atoms with Gasteiger partial charge in [-0.15, -0.1) is 0 Å². The standard InChI is InChI=1S/C18H17F3N2O2/c1-25-15-5-3-2-4-12(15)18(24)23-10-8-22(9-11-23)14-7-6-13(19)16(20)17(14)21/h2-7H,8-11H2,1H3. The molecule has 4 nitrogen and oxygen atoms in total. The van der Waals surface area contributed by atoms with Crippen molar-refractivity contribution in [1.82, 2.24) is 4.90 Å². The molecule has 1 heterocycles. The number of para-hydroxylation sites is 1. The van der Waals surface area contributed by atoms with Crippen LogP contribution in [0.5, 0.6) is 5.75 Å². The molecule has 25 heavy (non-hydrogen) atoms. The molecule has 7 heteroatoms. The number of methoxy groups -OCH3 is 1. The number of ether oxygens (including phenoxy) is 1. The summed E-state index contributed by atoms with van der Waals surface area (Å²) in [4.78, 5) is 15.9. The highest BCUT2D eigenvalue weighted by Gasteiger charge is 2.26. The van der Waals surface area contributed by atoms with Crippen LogP contribution in [0.3, 0.4) is 0 Å². The summed E-state index contributed by atoms with van der Waals surface area (Å²) in [5, 5.41) is 0. The van der Waals surface area contributed by atoms with Crippen LogP contribution in [0.4, 0.5) is 18.9 Å². The van der Waals surface area contributed by atoms with E-state index in [1.54, 1.807) is 34.1 Å². The third kappa shape index (κ3) is 3.26. The number of hydrogen-bond acceptors (Lipinski definition) is 3. The van der Waals surface area contributed by atoms with Gasteiger partial charge in [-0.05, 0) is 24.3 Å². The van der Waals surface area contributed by atoms with Crippen molar-refractivity contribution in [1.29, 1.82) is 0 Å². The van der Waals surface area contributed by atoms with Crippen molar-refractivity contribution in [2.45, 2.75) is 0 Å². The molecule has 0 radical (unpaired) electrons. The topological polar surface area (TPSA) is 32.8 Å². The second-order valence-electron chi connectivity index (χ2n) is 5.67. The summed E-state index contributed by atoms with van der Waals surface area (Å²) in [6.45, 7) is 1.33. The highest BCUT2D eigenvalue weighted by molar-refractivity contribution is 5.97. The summed E-state index contributed by atoms with van der Waals surface area (Å²) in [6.07, 6.45) is 0. The van der Waals surface area contributed by atoms with E-state index in [1.165, 1.54) is 13.2 Å². The van der Waals surface area contributed by atoms with Crippen molar-refractivity contribution in [3.63, 3.8) is 0 Å². The number of anilines is 1. The monoisotopic (exact) mass is 350 g/mol. The molecule has 2 aromatic rings. The van der Waals surface area contributed by atoms with Gasteiger partial charge in [0.25, 0.3) is 5.91 Å². The average molecular weight is 350 g/mol. The zero-order valence-corrected chi connectivity index (χ0v) is 13.6. The minimum absolute atomic E-state index is 0.00305. The number of amides is 1. The predicted octanol–water partition coefficient (Wildman–Crippen LogP) is 3.07. The fourth-order valence-electron chi connectivity index (χ4n) is 2.90. The van der Waals surface area contributed by atoms with Crippen LogP contribution in [0.25, 0.3) is 0 Å². The number of carbonyl (C=O) groups excluding carboxylic acids is 1. The largest absolute Gasteiger partial charge is 0.496 e. The van der Waals surface area contributed by atoms with Crippen LogP contribution in [0.1, 0.15) is 10.4 Å². The highest BCUT2D eigenvalue weighted by Crippen LogP contribution is 2.26. The van der Waals surface area contributed by atoms with Gasteiger partial charge in [-0.3, -0.25) is 4.79 Å². The number of nitrogens with zero attached hydrogens (tertiary/aromatic N) is 2. The molecule has 0 aliphatic carbocycles. The number of halogens is 3. The van der Waals surface area contributed by atoms with Crippen LogP contribution in [-0.4, -0.2) is 44.1 Å². The molecule has 3 rings (SSSR count). The summed E-state index contributed by atoms with van der Waals surface area (Å²) < 4.78 is 45.6. The summed E-state index contributed by atoms with van der Waals surface area (Å²) in [7, 11) is 1.50. The normalized spacial score (nSPS) is 14.6. The maximum Gasteiger partial charge on any atom is 0.257 e. The van der Waals surface area contributed by atoms with Crippen LogP contribution >= 0.6 is 0 Å². The number of benzene rings is 2. The van der Waals surface area contributed by atoms with E-state index in [0.717, 1.165) is 6.07 Å². The highest BCUT2D eigenvalue weighted by atomic mass is 19.2. The van der Waals surface area contributed by atoms with E-state index in [4.69, 9.17) is 4.74 Å². The molecule has 0 atom stereocenters. The van der Waals surface area contributed by atoms with Gasteiger partial charge < -0.3 is 14.5 Å². The lowest BCUT2D eigenvalue weighted by Gasteiger charge is -2.36. The van der Waals surface area contributed by atoms with E-state index in [9.17, 15) is 18.0 Å². The van der Waals surface area contributed by atoms with Gasteiger partial charge in [-0.1, -0.05) is 12.1 Å².